The number of carbonyl (C=O) groups is 2. The number of anilines is 3. The normalized spacial score (nSPS) is 17.3. The van der Waals surface area contributed by atoms with E-state index in [1.165, 1.54) is 23.1 Å². The molecule has 1 saturated heterocycles. The molecule has 2 aliphatic heterocycles. The number of amides is 2. The summed E-state index contributed by atoms with van der Waals surface area (Å²) in [4.78, 5) is 26.9. The van der Waals surface area contributed by atoms with E-state index in [1.807, 2.05) is 13.8 Å². The number of thioether (sulfide) groups is 1. The number of nitrogens with one attached hydrogen (secondary N) is 2. The number of hydrogen-bond donors (Lipinski definition) is 3. The van der Waals surface area contributed by atoms with Crippen LogP contribution < -0.4 is 15.6 Å². The molecule has 0 saturated carbocycles. The molecule has 3 aromatic carbocycles. The fraction of sp³-hybridized carbons (Fsp3) is 0.111. The molecule has 2 aliphatic rings. The number of phenolic OH excluding ortho intramolecular Hbond substituents is 1. The van der Waals surface area contributed by atoms with Crippen molar-refractivity contribution in [2.75, 3.05) is 10.3 Å². The maximum Gasteiger partial charge on any atom is 0.416 e. The van der Waals surface area contributed by atoms with Crippen LogP contribution in [0.4, 0.5) is 30.2 Å². The van der Waals surface area contributed by atoms with Crippen molar-refractivity contribution in [2.24, 2.45) is 5.10 Å². The van der Waals surface area contributed by atoms with E-state index in [2.05, 4.69) is 15.8 Å². The number of phenols is 1. The monoisotopic (exact) mass is 568 g/mol. The van der Waals surface area contributed by atoms with Gasteiger partial charge in [-0.1, -0.05) is 36.1 Å². The average molecular weight is 569 g/mol. The number of rotatable bonds is 4. The standard InChI is InChI=1S/C27H19F3N4O3S2/c1-13-3-6-17(9-14(13)2)34-20-12-16(27(28,29)30)5-7-18(20)23(25(34)37)33-32-19-8-4-15(10-21(19)35)11-22-24(36)31-26(38)39-22/h3-12,32,35H,1-2H3,(H,31,36,38)/b22-11+,33-23-. The van der Waals surface area contributed by atoms with Gasteiger partial charge in [-0.15, -0.1) is 0 Å². The third kappa shape index (κ3) is 5.12. The fourth-order valence-corrected chi connectivity index (χ4v) is 5.12. The Kier molecular flexibility index (Phi) is 6.69. The van der Waals surface area contributed by atoms with E-state index >= 15 is 0 Å². The van der Waals surface area contributed by atoms with E-state index in [0.717, 1.165) is 35.0 Å². The molecule has 39 heavy (non-hydrogen) atoms. The zero-order chi connectivity index (χ0) is 28.1. The Hall–Kier alpha value is -4.16. The smallest absolute Gasteiger partial charge is 0.416 e. The van der Waals surface area contributed by atoms with E-state index in [9.17, 15) is 27.9 Å². The number of fused-ring (bicyclic) bond motifs is 1. The molecule has 0 spiro atoms. The summed E-state index contributed by atoms with van der Waals surface area (Å²) < 4.78 is 40.9. The lowest BCUT2D eigenvalue weighted by atomic mass is 10.1. The number of aryl methyl sites for hydroxylation is 2. The Morgan fingerprint density at radius 1 is 1.05 bits per heavy atom. The van der Waals surface area contributed by atoms with E-state index in [1.54, 1.807) is 30.3 Å². The molecule has 12 heteroatoms. The lowest BCUT2D eigenvalue weighted by molar-refractivity contribution is -0.137. The third-order valence-electron chi connectivity index (χ3n) is 6.23. The van der Waals surface area contributed by atoms with Crippen LogP contribution in [0.15, 0.2) is 64.6 Å². The van der Waals surface area contributed by atoms with Crippen molar-refractivity contribution >= 4 is 69.0 Å². The number of aromatic hydroxyl groups is 1. The van der Waals surface area contributed by atoms with Gasteiger partial charge in [-0.2, -0.15) is 18.3 Å². The number of hydrazone groups is 1. The van der Waals surface area contributed by atoms with E-state index in [4.69, 9.17) is 12.2 Å². The highest BCUT2D eigenvalue weighted by molar-refractivity contribution is 8.26. The molecule has 0 atom stereocenters. The van der Waals surface area contributed by atoms with Gasteiger partial charge in [0.05, 0.1) is 21.8 Å². The molecule has 198 valence electrons. The van der Waals surface area contributed by atoms with Crippen LogP contribution in [0.25, 0.3) is 6.08 Å². The molecule has 0 unspecified atom stereocenters. The maximum absolute atomic E-state index is 13.5. The summed E-state index contributed by atoms with van der Waals surface area (Å²) in [6.07, 6.45) is -3.04. The summed E-state index contributed by atoms with van der Waals surface area (Å²) in [5, 5.41) is 17.2. The second-order valence-corrected chi connectivity index (χ2v) is 10.6. The molecule has 0 aliphatic carbocycles. The Balaban J connectivity index is 1.50. The minimum atomic E-state index is -4.60. The minimum Gasteiger partial charge on any atom is -0.506 e. The summed E-state index contributed by atoms with van der Waals surface area (Å²) in [5.74, 6) is -1.18. The number of alkyl halides is 3. The predicted octanol–water partition coefficient (Wildman–Crippen LogP) is 6.01. The molecule has 3 aromatic rings. The summed E-state index contributed by atoms with van der Waals surface area (Å²) in [5.41, 5.74) is 4.80. The van der Waals surface area contributed by atoms with E-state index in [-0.39, 0.29) is 34.3 Å². The lowest BCUT2D eigenvalue weighted by Gasteiger charge is -2.19. The third-order valence-corrected chi connectivity index (χ3v) is 7.39. The topological polar surface area (TPSA) is 94.0 Å². The molecule has 2 amide bonds. The molecule has 1 fully saturated rings. The van der Waals surface area contributed by atoms with Crippen molar-refractivity contribution in [2.45, 2.75) is 20.0 Å². The van der Waals surface area contributed by atoms with Crippen LogP contribution in [-0.2, 0) is 15.8 Å². The van der Waals surface area contributed by atoms with Crippen molar-refractivity contribution in [1.29, 1.82) is 0 Å². The molecule has 5 rings (SSSR count). The quantitative estimate of drug-likeness (QED) is 0.155. The van der Waals surface area contributed by atoms with Crippen LogP contribution in [0.3, 0.4) is 0 Å². The number of hydrogen-bond acceptors (Lipinski definition) is 7. The Morgan fingerprint density at radius 3 is 2.46 bits per heavy atom. The Bertz CT molecular complexity index is 1630. The zero-order valence-electron chi connectivity index (χ0n) is 20.4. The Labute approximate surface area is 230 Å². The van der Waals surface area contributed by atoms with Crippen molar-refractivity contribution in [1.82, 2.24) is 5.32 Å². The summed E-state index contributed by atoms with van der Waals surface area (Å²) in [7, 11) is 0. The number of carbonyl (C=O) groups excluding carboxylic acids is 2. The van der Waals surface area contributed by atoms with Crippen LogP contribution >= 0.6 is 24.0 Å². The van der Waals surface area contributed by atoms with Gasteiger partial charge in [0, 0.05) is 11.3 Å². The maximum atomic E-state index is 13.5. The first kappa shape index (κ1) is 26.4. The lowest BCUT2D eigenvalue weighted by Crippen LogP contribution is -2.26. The summed E-state index contributed by atoms with van der Waals surface area (Å²) in [6.45, 7) is 3.74. The first-order valence-electron chi connectivity index (χ1n) is 11.5. The van der Waals surface area contributed by atoms with Gasteiger partial charge in [-0.05, 0) is 79.1 Å². The van der Waals surface area contributed by atoms with Gasteiger partial charge in [-0.25, -0.2) is 0 Å². The van der Waals surface area contributed by atoms with E-state index in [0.29, 0.717) is 20.5 Å². The molecule has 3 N–H and O–H groups in total. The fourth-order valence-electron chi connectivity index (χ4n) is 4.07. The van der Waals surface area contributed by atoms with Gasteiger partial charge in [0.15, 0.2) is 5.71 Å². The zero-order valence-corrected chi connectivity index (χ0v) is 22.0. The molecule has 2 heterocycles. The highest BCUT2D eigenvalue weighted by Gasteiger charge is 2.39. The number of halogens is 3. The van der Waals surface area contributed by atoms with Crippen LogP contribution in [0, 0.1) is 13.8 Å². The number of benzene rings is 3. The first-order chi connectivity index (χ1) is 18.4. The second kappa shape index (κ2) is 9.86. The van der Waals surface area contributed by atoms with Crippen molar-refractivity contribution in [3.8, 4) is 5.75 Å². The van der Waals surface area contributed by atoms with Gasteiger partial charge in [0.25, 0.3) is 11.8 Å². The predicted molar refractivity (Wildman–Crippen MR) is 149 cm³/mol. The van der Waals surface area contributed by atoms with Crippen LogP contribution in [0.1, 0.15) is 27.8 Å². The number of nitrogens with zero attached hydrogens (tertiary/aromatic N) is 2. The molecular formula is C27H19F3N4O3S2. The highest BCUT2D eigenvalue weighted by Crippen LogP contribution is 2.41. The van der Waals surface area contributed by atoms with Crippen LogP contribution in [0.5, 0.6) is 5.75 Å². The number of thiocarbonyl (C=S) groups is 1. The van der Waals surface area contributed by atoms with Crippen LogP contribution in [0.2, 0.25) is 0 Å². The largest absolute Gasteiger partial charge is 0.506 e. The molecular weight excluding hydrogens is 549 g/mol. The second-order valence-electron chi connectivity index (χ2n) is 8.84. The van der Waals surface area contributed by atoms with Gasteiger partial charge in [-0.3, -0.25) is 19.9 Å². The van der Waals surface area contributed by atoms with E-state index < -0.39 is 17.6 Å². The SMILES string of the molecule is Cc1ccc(N2C(=O)/C(=N\Nc3ccc(/C=C4/SC(=S)NC4=O)cc3O)c3ccc(C(F)(F)F)cc32)cc1C. The first-order valence-corrected chi connectivity index (χ1v) is 12.7. The Morgan fingerprint density at radius 2 is 1.82 bits per heavy atom. The van der Waals surface area contributed by atoms with Gasteiger partial charge in [0.2, 0.25) is 0 Å². The van der Waals surface area contributed by atoms with Crippen molar-refractivity contribution in [3.63, 3.8) is 0 Å². The molecule has 0 aromatic heterocycles. The van der Waals surface area contributed by atoms with Gasteiger partial charge >= 0.3 is 6.18 Å². The molecule has 0 radical (unpaired) electrons. The minimum absolute atomic E-state index is 0.0510. The molecule has 0 bridgehead atoms. The molecule has 7 nitrogen and oxygen atoms in total. The van der Waals surface area contributed by atoms with Crippen molar-refractivity contribution in [3.05, 3.63) is 87.3 Å². The van der Waals surface area contributed by atoms with Crippen molar-refractivity contribution < 1.29 is 27.9 Å². The summed E-state index contributed by atoms with van der Waals surface area (Å²) in [6, 6.07) is 12.7. The van der Waals surface area contributed by atoms with Crippen LogP contribution in [-0.4, -0.2) is 27.0 Å². The highest BCUT2D eigenvalue weighted by atomic mass is 32.2. The average Bonchev–Trinajstić information content (AvgIpc) is 3.33. The van der Waals surface area contributed by atoms with Gasteiger partial charge < -0.3 is 10.4 Å². The summed E-state index contributed by atoms with van der Waals surface area (Å²) >= 11 is 6.07. The van der Waals surface area contributed by atoms with Gasteiger partial charge in [0.1, 0.15) is 10.1 Å².